The number of rotatable bonds is 9. The Morgan fingerprint density at radius 2 is 2.24 bits per heavy atom. The maximum Gasteiger partial charge on any atom is 0.103 e. The number of hydrogen-bond acceptors (Lipinski definition) is 5. The van der Waals surface area contributed by atoms with Crippen LogP contribution in [0.4, 0.5) is 0 Å². The van der Waals surface area contributed by atoms with E-state index in [1.54, 1.807) is 7.11 Å². The van der Waals surface area contributed by atoms with Crippen molar-refractivity contribution in [3.05, 3.63) is 15.6 Å². The lowest BCUT2D eigenvalue weighted by atomic mass is 10.3. The first kappa shape index (κ1) is 15.0. The molecule has 0 radical (unpaired) electrons. The molecule has 0 aliphatic carbocycles. The lowest BCUT2D eigenvalue weighted by Gasteiger charge is -2.02. The Kier molecular flexibility index (Phi) is 7.84. The van der Waals surface area contributed by atoms with Gasteiger partial charge in [0.1, 0.15) is 5.01 Å². The number of aromatic nitrogens is 1. The second-order valence-electron chi connectivity index (χ2n) is 3.64. The second-order valence-corrected chi connectivity index (χ2v) is 6.08. The highest BCUT2D eigenvalue weighted by Crippen LogP contribution is 2.22. The van der Waals surface area contributed by atoms with Crippen LogP contribution in [-0.4, -0.2) is 31.0 Å². The fraction of sp³-hybridized carbons (Fsp3) is 0.750. The molecular formula is C12H22N2OS2. The topological polar surface area (TPSA) is 34.2 Å². The Bertz CT molecular complexity index is 315. The van der Waals surface area contributed by atoms with Gasteiger partial charge in [0, 0.05) is 30.8 Å². The summed E-state index contributed by atoms with van der Waals surface area (Å²) in [5.74, 6) is 2.20. The predicted molar refractivity (Wildman–Crippen MR) is 76.9 cm³/mol. The minimum Gasteiger partial charge on any atom is -0.383 e. The highest BCUT2D eigenvalue weighted by molar-refractivity contribution is 7.98. The maximum atomic E-state index is 5.02. The molecule has 0 saturated heterocycles. The molecule has 1 heterocycles. The van der Waals surface area contributed by atoms with Crippen LogP contribution in [0.15, 0.2) is 0 Å². The van der Waals surface area contributed by atoms with E-state index in [4.69, 9.17) is 9.72 Å². The zero-order valence-corrected chi connectivity index (χ0v) is 12.5. The quantitative estimate of drug-likeness (QED) is 0.702. The smallest absolute Gasteiger partial charge is 0.103 e. The standard InChI is InChI=1S/C12H22N2OS2/c1-4-10-11(8-13-6-7-15-3)17-12(14-10)9-16-5-2/h13H,4-9H2,1-3H3. The van der Waals surface area contributed by atoms with Gasteiger partial charge in [0.25, 0.3) is 0 Å². The molecule has 5 heteroatoms. The molecule has 1 aromatic rings. The van der Waals surface area contributed by atoms with E-state index in [2.05, 4.69) is 19.2 Å². The molecule has 0 unspecified atom stereocenters. The van der Waals surface area contributed by atoms with Crippen LogP contribution >= 0.6 is 23.1 Å². The molecule has 0 spiro atoms. The van der Waals surface area contributed by atoms with E-state index < -0.39 is 0 Å². The van der Waals surface area contributed by atoms with Crippen LogP contribution in [0.3, 0.4) is 0 Å². The molecule has 98 valence electrons. The summed E-state index contributed by atoms with van der Waals surface area (Å²) in [5, 5.41) is 4.65. The van der Waals surface area contributed by atoms with Crippen LogP contribution in [0.2, 0.25) is 0 Å². The first-order valence-corrected chi connectivity index (χ1v) is 8.03. The highest BCUT2D eigenvalue weighted by atomic mass is 32.2. The third kappa shape index (κ3) is 5.38. The van der Waals surface area contributed by atoms with Crippen molar-refractivity contribution in [2.45, 2.75) is 32.6 Å². The predicted octanol–water partition coefficient (Wildman–Crippen LogP) is 2.69. The molecule has 17 heavy (non-hydrogen) atoms. The number of methoxy groups -OCH3 is 1. The number of nitrogens with zero attached hydrogens (tertiary/aromatic N) is 1. The van der Waals surface area contributed by atoms with E-state index in [0.717, 1.165) is 37.6 Å². The van der Waals surface area contributed by atoms with Crippen LogP contribution in [-0.2, 0) is 23.5 Å². The molecule has 1 N–H and O–H groups in total. The molecule has 0 aromatic carbocycles. The van der Waals surface area contributed by atoms with Crippen molar-refractivity contribution in [3.8, 4) is 0 Å². The summed E-state index contributed by atoms with van der Waals surface area (Å²) in [6, 6.07) is 0. The number of hydrogen-bond donors (Lipinski definition) is 1. The molecule has 0 aliphatic heterocycles. The molecule has 1 aromatic heterocycles. The third-order valence-electron chi connectivity index (χ3n) is 2.36. The average Bonchev–Trinajstić information content (AvgIpc) is 2.74. The highest BCUT2D eigenvalue weighted by Gasteiger charge is 2.08. The second kappa shape index (κ2) is 8.91. The molecule has 0 saturated carbocycles. The Balaban J connectivity index is 2.47. The van der Waals surface area contributed by atoms with Gasteiger partial charge in [-0.2, -0.15) is 11.8 Å². The van der Waals surface area contributed by atoms with Crippen molar-refractivity contribution >= 4 is 23.1 Å². The van der Waals surface area contributed by atoms with Crippen LogP contribution in [0.5, 0.6) is 0 Å². The minimum absolute atomic E-state index is 0.763. The fourth-order valence-electron chi connectivity index (χ4n) is 1.48. The van der Waals surface area contributed by atoms with Gasteiger partial charge < -0.3 is 10.1 Å². The van der Waals surface area contributed by atoms with Crippen LogP contribution in [0, 0.1) is 0 Å². The van der Waals surface area contributed by atoms with Crippen molar-refractivity contribution in [2.75, 3.05) is 26.0 Å². The van der Waals surface area contributed by atoms with E-state index in [1.165, 1.54) is 15.6 Å². The van der Waals surface area contributed by atoms with Crippen molar-refractivity contribution in [2.24, 2.45) is 0 Å². The maximum absolute atomic E-state index is 5.02. The zero-order valence-electron chi connectivity index (χ0n) is 10.9. The summed E-state index contributed by atoms with van der Waals surface area (Å²) in [6.07, 6.45) is 1.02. The summed E-state index contributed by atoms with van der Waals surface area (Å²) in [6.45, 7) is 6.94. The molecule has 0 amide bonds. The first-order valence-electron chi connectivity index (χ1n) is 6.06. The van der Waals surface area contributed by atoms with E-state index >= 15 is 0 Å². The molecule has 0 atom stereocenters. The van der Waals surface area contributed by atoms with Crippen molar-refractivity contribution in [3.63, 3.8) is 0 Å². The monoisotopic (exact) mass is 274 g/mol. The fourth-order valence-corrected chi connectivity index (χ4v) is 3.33. The largest absolute Gasteiger partial charge is 0.383 e. The molecule has 3 nitrogen and oxygen atoms in total. The number of thioether (sulfide) groups is 1. The Morgan fingerprint density at radius 1 is 1.41 bits per heavy atom. The third-order valence-corrected chi connectivity index (χ3v) is 4.52. The van der Waals surface area contributed by atoms with Gasteiger partial charge in [-0.05, 0) is 12.2 Å². The van der Waals surface area contributed by atoms with Crippen molar-refractivity contribution < 1.29 is 4.74 Å². The van der Waals surface area contributed by atoms with E-state index in [0.29, 0.717) is 0 Å². The van der Waals surface area contributed by atoms with Gasteiger partial charge >= 0.3 is 0 Å². The Morgan fingerprint density at radius 3 is 2.88 bits per heavy atom. The van der Waals surface area contributed by atoms with E-state index in [9.17, 15) is 0 Å². The van der Waals surface area contributed by atoms with E-state index in [1.807, 2.05) is 23.1 Å². The van der Waals surface area contributed by atoms with Crippen LogP contribution in [0.1, 0.15) is 29.4 Å². The van der Waals surface area contributed by atoms with Gasteiger partial charge in [-0.15, -0.1) is 11.3 Å². The van der Waals surface area contributed by atoms with Gasteiger partial charge in [0.05, 0.1) is 12.3 Å². The van der Waals surface area contributed by atoms with Gasteiger partial charge in [0.2, 0.25) is 0 Å². The molecule has 1 rings (SSSR count). The lowest BCUT2D eigenvalue weighted by Crippen LogP contribution is -2.18. The molecule has 0 aliphatic rings. The number of thiazole rings is 1. The molecular weight excluding hydrogens is 252 g/mol. The van der Waals surface area contributed by atoms with Crippen LogP contribution in [0.25, 0.3) is 0 Å². The van der Waals surface area contributed by atoms with Gasteiger partial charge in [-0.25, -0.2) is 4.98 Å². The van der Waals surface area contributed by atoms with Gasteiger partial charge in [0.15, 0.2) is 0 Å². The van der Waals surface area contributed by atoms with Crippen molar-refractivity contribution in [1.82, 2.24) is 10.3 Å². The summed E-state index contributed by atoms with van der Waals surface area (Å²) in [7, 11) is 1.73. The van der Waals surface area contributed by atoms with E-state index in [-0.39, 0.29) is 0 Å². The minimum atomic E-state index is 0.763. The Hall–Kier alpha value is -0.100. The SMILES string of the molecule is CCSCc1nc(CC)c(CNCCOC)s1. The lowest BCUT2D eigenvalue weighted by molar-refractivity contribution is 0.199. The van der Waals surface area contributed by atoms with Gasteiger partial charge in [-0.3, -0.25) is 0 Å². The van der Waals surface area contributed by atoms with Crippen LogP contribution < -0.4 is 5.32 Å². The zero-order chi connectivity index (χ0) is 12.5. The molecule has 0 fully saturated rings. The summed E-state index contributed by atoms with van der Waals surface area (Å²) in [5.41, 5.74) is 1.26. The average molecular weight is 274 g/mol. The Labute approximate surface area is 112 Å². The van der Waals surface area contributed by atoms with Crippen molar-refractivity contribution in [1.29, 1.82) is 0 Å². The number of ether oxygens (including phenoxy) is 1. The first-order chi connectivity index (χ1) is 8.31. The summed E-state index contributed by atoms with van der Waals surface area (Å²) < 4.78 is 5.02. The summed E-state index contributed by atoms with van der Waals surface area (Å²) in [4.78, 5) is 6.08. The molecule has 0 bridgehead atoms. The number of aryl methyl sites for hydroxylation is 1. The number of nitrogens with one attached hydrogen (secondary N) is 1. The van der Waals surface area contributed by atoms with Gasteiger partial charge in [-0.1, -0.05) is 13.8 Å². The normalized spacial score (nSPS) is 11.0. The summed E-state index contributed by atoms with van der Waals surface area (Å²) >= 11 is 3.78.